The molecule has 1 rings (SSSR count). The van der Waals surface area contributed by atoms with E-state index in [0.717, 1.165) is 6.42 Å². The maximum absolute atomic E-state index is 11.8. The van der Waals surface area contributed by atoms with E-state index in [1.165, 1.54) is 0 Å². The molecule has 2 amide bonds. The molecule has 20 heavy (non-hydrogen) atoms. The van der Waals surface area contributed by atoms with Crippen LogP contribution in [0.3, 0.4) is 0 Å². The van der Waals surface area contributed by atoms with Crippen LogP contribution in [0.1, 0.15) is 32.6 Å². The van der Waals surface area contributed by atoms with Crippen LogP contribution in [0.2, 0.25) is 0 Å². The van der Waals surface area contributed by atoms with E-state index >= 15 is 0 Å². The number of urea groups is 1. The second-order valence-corrected chi connectivity index (χ2v) is 4.84. The van der Waals surface area contributed by atoms with Gasteiger partial charge in [0.05, 0.1) is 6.61 Å². The highest BCUT2D eigenvalue weighted by atomic mass is 16.5. The van der Waals surface area contributed by atoms with Crippen LogP contribution in [0.25, 0.3) is 0 Å². The molecule has 0 saturated carbocycles. The molecule has 0 bridgehead atoms. The van der Waals surface area contributed by atoms with Crippen molar-refractivity contribution in [2.75, 3.05) is 26.2 Å². The summed E-state index contributed by atoms with van der Waals surface area (Å²) in [6.45, 7) is 3.60. The van der Waals surface area contributed by atoms with E-state index in [0.29, 0.717) is 32.7 Å². The number of nitrogens with one attached hydrogen (secondary N) is 1. The van der Waals surface area contributed by atoms with E-state index in [-0.39, 0.29) is 30.8 Å². The van der Waals surface area contributed by atoms with Crippen LogP contribution in [0.5, 0.6) is 0 Å². The molecule has 0 aliphatic carbocycles. The molecule has 0 aromatic heterocycles. The van der Waals surface area contributed by atoms with Gasteiger partial charge in [0.25, 0.3) is 0 Å². The molecule has 7 nitrogen and oxygen atoms in total. The molecule has 1 unspecified atom stereocenters. The summed E-state index contributed by atoms with van der Waals surface area (Å²) in [5.74, 6) is -1.05. The first-order valence-corrected chi connectivity index (χ1v) is 6.93. The monoisotopic (exact) mass is 286 g/mol. The number of rotatable bonds is 7. The third-order valence-electron chi connectivity index (χ3n) is 3.18. The molecule has 0 aromatic rings. The number of ether oxygens (including phenoxy) is 1. The minimum Gasteiger partial charge on any atom is -0.481 e. The predicted octanol–water partition coefficient (Wildman–Crippen LogP) is 0.836. The molecule has 0 aromatic carbocycles. The average molecular weight is 286 g/mol. The largest absolute Gasteiger partial charge is 0.481 e. The van der Waals surface area contributed by atoms with Crippen LogP contribution in [0.4, 0.5) is 4.79 Å². The van der Waals surface area contributed by atoms with Gasteiger partial charge in [-0.05, 0) is 25.7 Å². The summed E-state index contributed by atoms with van der Waals surface area (Å²) in [6.07, 6.45) is 1.65. The first kappa shape index (κ1) is 16.3. The number of carboxylic acid groups (broad SMARTS) is 1. The molecule has 1 fully saturated rings. The number of carboxylic acids is 1. The average Bonchev–Trinajstić information content (AvgIpc) is 2.82. The minimum absolute atomic E-state index is 0.0396. The lowest BCUT2D eigenvalue weighted by Gasteiger charge is -2.17. The van der Waals surface area contributed by atoms with Gasteiger partial charge in [0.1, 0.15) is 0 Å². The van der Waals surface area contributed by atoms with Crippen molar-refractivity contribution in [3.8, 4) is 0 Å². The summed E-state index contributed by atoms with van der Waals surface area (Å²) in [4.78, 5) is 35.1. The fourth-order valence-corrected chi connectivity index (χ4v) is 2.20. The van der Waals surface area contributed by atoms with Gasteiger partial charge in [-0.15, -0.1) is 0 Å². The number of carbonyl (C=O) groups is 3. The third-order valence-corrected chi connectivity index (χ3v) is 3.18. The van der Waals surface area contributed by atoms with E-state index in [1.54, 1.807) is 11.8 Å². The zero-order valence-electron chi connectivity index (χ0n) is 11.8. The van der Waals surface area contributed by atoms with E-state index in [2.05, 4.69) is 5.32 Å². The summed E-state index contributed by atoms with van der Waals surface area (Å²) in [7, 11) is 0. The van der Waals surface area contributed by atoms with E-state index in [1.807, 2.05) is 0 Å². The van der Waals surface area contributed by atoms with E-state index in [4.69, 9.17) is 9.84 Å². The smallest absolute Gasteiger partial charge is 0.317 e. The normalized spacial score (nSPS) is 17.9. The Balaban J connectivity index is 2.14. The Morgan fingerprint density at radius 3 is 2.80 bits per heavy atom. The molecule has 1 atom stereocenters. The van der Waals surface area contributed by atoms with E-state index in [9.17, 15) is 14.4 Å². The van der Waals surface area contributed by atoms with Gasteiger partial charge in [-0.3, -0.25) is 9.59 Å². The first-order valence-electron chi connectivity index (χ1n) is 6.93. The summed E-state index contributed by atoms with van der Waals surface area (Å²) >= 11 is 0. The Morgan fingerprint density at radius 1 is 1.40 bits per heavy atom. The quantitative estimate of drug-likeness (QED) is 0.534. The molecular formula is C13H22N2O5. The van der Waals surface area contributed by atoms with Crippen molar-refractivity contribution in [3.63, 3.8) is 0 Å². The van der Waals surface area contributed by atoms with Gasteiger partial charge in [-0.25, -0.2) is 4.79 Å². The Bertz CT molecular complexity index is 359. The van der Waals surface area contributed by atoms with Gasteiger partial charge < -0.3 is 20.1 Å². The van der Waals surface area contributed by atoms with Gasteiger partial charge in [0, 0.05) is 32.5 Å². The number of aliphatic carboxylic acids is 1. The molecular weight excluding hydrogens is 264 g/mol. The summed E-state index contributed by atoms with van der Waals surface area (Å²) in [5, 5.41) is 11.4. The van der Waals surface area contributed by atoms with Crippen molar-refractivity contribution in [3.05, 3.63) is 0 Å². The van der Waals surface area contributed by atoms with Gasteiger partial charge in [0.15, 0.2) is 0 Å². The van der Waals surface area contributed by atoms with Crippen molar-refractivity contribution in [2.24, 2.45) is 5.92 Å². The topological polar surface area (TPSA) is 95.9 Å². The Morgan fingerprint density at radius 2 is 2.15 bits per heavy atom. The summed E-state index contributed by atoms with van der Waals surface area (Å²) in [5.41, 5.74) is 0. The highest BCUT2D eigenvalue weighted by Crippen LogP contribution is 2.19. The second-order valence-electron chi connectivity index (χ2n) is 4.84. The minimum atomic E-state index is -0.827. The van der Waals surface area contributed by atoms with Crippen LogP contribution >= 0.6 is 0 Å². The van der Waals surface area contributed by atoms with Gasteiger partial charge >= 0.3 is 18.0 Å². The lowest BCUT2D eigenvalue weighted by atomic mass is 10.1. The molecule has 2 N–H and O–H groups in total. The predicted molar refractivity (Wildman–Crippen MR) is 71.2 cm³/mol. The van der Waals surface area contributed by atoms with Gasteiger partial charge in [0.2, 0.25) is 0 Å². The number of hydrogen-bond donors (Lipinski definition) is 2. The van der Waals surface area contributed by atoms with Crippen molar-refractivity contribution in [1.29, 1.82) is 0 Å². The number of esters is 1. The Hall–Kier alpha value is -1.79. The van der Waals surface area contributed by atoms with Crippen LogP contribution in [0, 0.1) is 5.92 Å². The fraction of sp³-hybridized carbons (Fsp3) is 0.769. The zero-order valence-corrected chi connectivity index (χ0v) is 11.8. The van der Waals surface area contributed by atoms with Crippen molar-refractivity contribution >= 4 is 18.0 Å². The molecule has 0 radical (unpaired) electrons. The van der Waals surface area contributed by atoms with Crippen LogP contribution in [-0.2, 0) is 14.3 Å². The van der Waals surface area contributed by atoms with Crippen LogP contribution in [-0.4, -0.2) is 54.2 Å². The van der Waals surface area contributed by atoms with Gasteiger partial charge in [-0.2, -0.15) is 0 Å². The van der Waals surface area contributed by atoms with Crippen LogP contribution in [0.15, 0.2) is 0 Å². The van der Waals surface area contributed by atoms with Crippen molar-refractivity contribution in [2.45, 2.75) is 32.6 Å². The standard InChI is InChI=1S/C13H22N2O5/c1-2-20-12(18)4-3-6-14-13(19)15-7-5-10(9-15)8-11(16)17/h10H,2-9H2,1H3,(H,14,19)(H,16,17). The van der Waals surface area contributed by atoms with Crippen molar-refractivity contribution in [1.82, 2.24) is 10.2 Å². The molecule has 1 aliphatic heterocycles. The molecule has 114 valence electrons. The number of nitrogens with zero attached hydrogens (tertiary/aromatic N) is 1. The number of carbonyl (C=O) groups excluding carboxylic acids is 2. The lowest BCUT2D eigenvalue weighted by molar-refractivity contribution is -0.143. The lowest BCUT2D eigenvalue weighted by Crippen LogP contribution is -2.39. The SMILES string of the molecule is CCOC(=O)CCCNC(=O)N1CCC(CC(=O)O)C1. The van der Waals surface area contributed by atoms with Gasteiger partial charge in [-0.1, -0.05) is 0 Å². The number of amides is 2. The maximum Gasteiger partial charge on any atom is 0.317 e. The summed E-state index contributed by atoms with van der Waals surface area (Å²) in [6, 6.07) is -0.193. The maximum atomic E-state index is 11.8. The molecule has 1 saturated heterocycles. The molecule has 7 heteroatoms. The molecule has 0 spiro atoms. The first-order chi connectivity index (χ1) is 9.52. The highest BCUT2D eigenvalue weighted by Gasteiger charge is 2.27. The molecule has 1 aliphatic rings. The zero-order chi connectivity index (χ0) is 15.0. The second kappa shape index (κ2) is 8.39. The Kier molecular flexibility index (Phi) is 6.83. The van der Waals surface area contributed by atoms with Crippen molar-refractivity contribution < 1.29 is 24.2 Å². The van der Waals surface area contributed by atoms with E-state index < -0.39 is 5.97 Å². The number of likely N-dealkylation sites (tertiary alicyclic amines) is 1. The van der Waals surface area contributed by atoms with Crippen LogP contribution < -0.4 is 5.32 Å². The fourth-order valence-electron chi connectivity index (χ4n) is 2.20. The molecule has 1 heterocycles. The summed E-state index contributed by atoms with van der Waals surface area (Å²) < 4.78 is 4.78. The Labute approximate surface area is 118 Å². The third kappa shape index (κ3) is 5.90. The number of hydrogen-bond acceptors (Lipinski definition) is 4. The highest BCUT2D eigenvalue weighted by molar-refractivity contribution is 5.75.